The summed E-state index contributed by atoms with van der Waals surface area (Å²) in [6, 6.07) is 11.9. The van der Waals surface area contributed by atoms with Crippen LogP contribution in [0.15, 0.2) is 36.4 Å². The maximum Gasteiger partial charge on any atom is 0.514 e. The highest BCUT2D eigenvalue weighted by molar-refractivity contribution is 5.81. The monoisotopic (exact) mass is 1300 g/mol. The van der Waals surface area contributed by atoms with Crippen molar-refractivity contribution in [3.63, 3.8) is 0 Å². The molecule has 18 heteroatoms. The van der Waals surface area contributed by atoms with E-state index in [9.17, 15) is 28.8 Å². The highest BCUT2D eigenvalue weighted by Gasteiger charge is 2.42. The van der Waals surface area contributed by atoms with E-state index >= 15 is 0 Å². The Bertz CT molecular complexity index is 2690. The van der Waals surface area contributed by atoms with E-state index in [0.717, 1.165) is 50.4 Å². The standard InChI is InChI=1S/C75H117N3O15/c1-67(2,3)52-40-49(41-53(68(4,5)6)58(52)88-64(82)91-73(19,20)21)76(28)31-34-85-61(79)46-37-47(62(80)86-35-32-77(29)50-42-54(69(7,8)9)59(55(43-50)70(10,11)12)89-65(83)92-74(22,23)24)39-48(38-46)63(81)87-36-33-78(30)51-44-56(71(13,14)15)60(57(45-51)72(16,17)18)90-66(84)93-75(25,26)27/h40-48H,31-39H2,1-30H3. The Kier molecular flexibility index (Phi) is 25.0. The van der Waals surface area contributed by atoms with E-state index in [4.69, 9.17) is 42.6 Å². The van der Waals surface area contributed by atoms with E-state index in [2.05, 4.69) is 0 Å². The summed E-state index contributed by atoms with van der Waals surface area (Å²) in [5.41, 5.74) is 2.23. The normalized spacial score (nSPS) is 16.1. The van der Waals surface area contributed by atoms with Gasteiger partial charge in [0.1, 0.15) is 53.9 Å². The summed E-state index contributed by atoms with van der Waals surface area (Å²) in [5, 5.41) is 0. The molecule has 0 saturated heterocycles. The van der Waals surface area contributed by atoms with Crippen molar-refractivity contribution in [2.45, 2.75) is 255 Å². The number of likely N-dealkylation sites (N-methyl/N-ethyl adjacent to an activating group) is 3. The molecule has 1 aliphatic carbocycles. The van der Waals surface area contributed by atoms with E-state index in [-0.39, 0.29) is 58.7 Å². The van der Waals surface area contributed by atoms with Gasteiger partial charge in [-0.2, -0.15) is 0 Å². The van der Waals surface area contributed by atoms with E-state index < -0.39 is 103 Å². The summed E-state index contributed by atoms with van der Waals surface area (Å²) in [6.45, 7) is 53.8. The molecule has 1 aliphatic rings. The molecule has 4 rings (SSSR count). The highest BCUT2D eigenvalue weighted by Crippen LogP contribution is 2.47. The third-order valence-electron chi connectivity index (χ3n) is 15.8. The zero-order chi connectivity index (χ0) is 71.3. The Morgan fingerprint density at radius 1 is 0.323 bits per heavy atom. The lowest BCUT2D eigenvalue weighted by Crippen LogP contribution is -2.38. The van der Waals surface area contributed by atoms with Crippen molar-refractivity contribution in [3.8, 4) is 17.2 Å². The molecule has 93 heavy (non-hydrogen) atoms. The van der Waals surface area contributed by atoms with Crippen LogP contribution < -0.4 is 28.9 Å². The van der Waals surface area contributed by atoms with Crippen LogP contribution in [-0.4, -0.2) is 114 Å². The van der Waals surface area contributed by atoms with Crippen LogP contribution in [0.3, 0.4) is 0 Å². The van der Waals surface area contributed by atoms with Crippen molar-refractivity contribution in [1.29, 1.82) is 0 Å². The highest BCUT2D eigenvalue weighted by atomic mass is 16.7. The first-order valence-electron chi connectivity index (χ1n) is 32.9. The van der Waals surface area contributed by atoms with Crippen LogP contribution in [0.4, 0.5) is 31.4 Å². The lowest BCUT2D eigenvalue weighted by atomic mass is 9.75. The van der Waals surface area contributed by atoms with E-state index in [1.165, 1.54) is 0 Å². The van der Waals surface area contributed by atoms with Gasteiger partial charge in [-0.3, -0.25) is 14.4 Å². The Labute approximate surface area is 558 Å². The van der Waals surface area contributed by atoms with Gasteiger partial charge in [-0.15, -0.1) is 0 Å². The minimum absolute atomic E-state index is 0.00941. The molecular weight excluding hydrogens is 1180 g/mol. The molecule has 3 aromatic rings. The number of hydrogen-bond donors (Lipinski definition) is 0. The van der Waals surface area contributed by atoms with Crippen molar-refractivity contribution < 1.29 is 71.4 Å². The van der Waals surface area contributed by atoms with Crippen molar-refractivity contribution in [3.05, 3.63) is 69.8 Å². The third kappa shape index (κ3) is 23.6. The predicted octanol–water partition coefficient (Wildman–Crippen LogP) is 16.8. The molecule has 1 fully saturated rings. The van der Waals surface area contributed by atoms with Crippen LogP contribution in [0.2, 0.25) is 0 Å². The molecule has 0 aromatic heterocycles. The quantitative estimate of drug-likeness (QED) is 0.0662. The van der Waals surface area contributed by atoms with Crippen LogP contribution in [0.5, 0.6) is 17.2 Å². The molecule has 3 aromatic carbocycles. The van der Waals surface area contributed by atoms with Crippen LogP contribution in [-0.2, 0) is 75.3 Å². The van der Waals surface area contributed by atoms with Gasteiger partial charge in [-0.05, 0) is 150 Å². The molecule has 0 aliphatic heterocycles. The maximum absolute atomic E-state index is 14.4. The van der Waals surface area contributed by atoms with Gasteiger partial charge in [0, 0.05) is 71.6 Å². The molecular formula is C75H117N3O15. The lowest BCUT2D eigenvalue weighted by Gasteiger charge is -2.33. The SMILES string of the molecule is CN(CCOC(=O)C1CC(C(=O)OCCN(C)c2cc(C(C)(C)C)c(OC(=O)OC(C)(C)C)c(C(C)(C)C)c2)CC(C(=O)OCCN(C)c2cc(C(C)(C)C)c(OC(=O)OC(C)(C)C)c(C(C)(C)C)c2)C1)c1cc(C(C)(C)C)c(OC(=O)OC(C)(C)C)c(C(C)(C)C)c1. The smallest absolute Gasteiger partial charge is 0.464 e. The largest absolute Gasteiger partial charge is 0.514 e. The van der Waals surface area contributed by atoms with Gasteiger partial charge in [0.25, 0.3) is 0 Å². The first-order valence-corrected chi connectivity index (χ1v) is 32.9. The molecule has 1 saturated carbocycles. The number of hydrogen-bond acceptors (Lipinski definition) is 18. The van der Waals surface area contributed by atoms with Crippen LogP contribution in [0.25, 0.3) is 0 Å². The Balaban J connectivity index is 1.64. The minimum atomic E-state index is -0.838. The van der Waals surface area contributed by atoms with Gasteiger partial charge in [-0.25, -0.2) is 14.4 Å². The minimum Gasteiger partial charge on any atom is -0.464 e. The van der Waals surface area contributed by atoms with Crippen molar-refractivity contribution >= 4 is 53.4 Å². The fraction of sp³-hybridized carbons (Fsp3) is 0.680. The molecule has 522 valence electrons. The summed E-state index contributed by atoms with van der Waals surface area (Å²) >= 11 is 0. The number of carbonyl (C=O) groups excluding carboxylic acids is 6. The summed E-state index contributed by atoms with van der Waals surface area (Å²) in [7, 11) is 5.70. The average Bonchev–Trinajstić information content (AvgIpc) is 0.786. The van der Waals surface area contributed by atoms with Gasteiger partial charge in [-0.1, -0.05) is 125 Å². The second kappa shape index (κ2) is 29.5. The zero-order valence-electron chi connectivity index (χ0n) is 62.5. The van der Waals surface area contributed by atoms with Gasteiger partial charge in [0.15, 0.2) is 0 Å². The molecule has 0 unspecified atom stereocenters. The molecule has 0 amide bonds. The summed E-state index contributed by atoms with van der Waals surface area (Å²) in [6.07, 6.45) is -2.09. The number of anilines is 3. The second-order valence-electron chi connectivity index (χ2n) is 34.4. The fourth-order valence-corrected chi connectivity index (χ4v) is 10.7. The molecule has 0 N–H and O–H groups in total. The van der Waals surface area contributed by atoms with Gasteiger partial charge < -0.3 is 57.3 Å². The van der Waals surface area contributed by atoms with Crippen molar-refractivity contribution in [2.75, 3.05) is 75.3 Å². The fourth-order valence-electron chi connectivity index (χ4n) is 10.7. The van der Waals surface area contributed by atoms with E-state index in [1.807, 2.05) is 197 Å². The lowest BCUT2D eigenvalue weighted by molar-refractivity contribution is -0.160. The molecule has 0 heterocycles. The molecule has 0 spiro atoms. The van der Waals surface area contributed by atoms with Gasteiger partial charge in [0.2, 0.25) is 0 Å². The maximum atomic E-state index is 14.4. The third-order valence-corrected chi connectivity index (χ3v) is 15.8. The van der Waals surface area contributed by atoms with E-state index in [0.29, 0.717) is 17.2 Å². The van der Waals surface area contributed by atoms with Crippen LogP contribution in [0, 0.1) is 17.8 Å². The van der Waals surface area contributed by atoms with Crippen LogP contribution in [0.1, 0.15) is 240 Å². The van der Waals surface area contributed by atoms with E-state index in [1.54, 1.807) is 62.3 Å². The number of benzene rings is 3. The van der Waals surface area contributed by atoms with Crippen molar-refractivity contribution in [1.82, 2.24) is 0 Å². The topological polar surface area (TPSA) is 195 Å². The first kappa shape index (κ1) is 78.7. The van der Waals surface area contributed by atoms with Gasteiger partial charge >= 0.3 is 36.4 Å². The molecule has 0 bridgehead atoms. The van der Waals surface area contributed by atoms with Crippen molar-refractivity contribution in [2.24, 2.45) is 17.8 Å². The predicted molar refractivity (Wildman–Crippen MR) is 369 cm³/mol. The molecule has 0 radical (unpaired) electrons. The number of nitrogens with zero attached hydrogens (tertiary/aromatic N) is 3. The molecule has 18 nitrogen and oxygen atoms in total. The Hall–Kier alpha value is -6.72. The number of esters is 3. The average molecular weight is 1300 g/mol. The van der Waals surface area contributed by atoms with Crippen LogP contribution >= 0.6 is 0 Å². The Morgan fingerprint density at radius 3 is 0.645 bits per heavy atom. The summed E-state index contributed by atoms with van der Waals surface area (Å²) < 4.78 is 53.0. The summed E-state index contributed by atoms with van der Waals surface area (Å²) in [4.78, 5) is 88.6. The zero-order valence-corrected chi connectivity index (χ0v) is 62.5. The second-order valence-corrected chi connectivity index (χ2v) is 34.4. The number of ether oxygens (including phenoxy) is 9. The van der Waals surface area contributed by atoms with Gasteiger partial charge in [0.05, 0.1) is 37.4 Å². The molecule has 0 atom stereocenters. The first-order chi connectivity index (χ1) is 42.0. The Morgan fingerprint density at radius 2 is 0.495 bits per heavy atom. The number of carbonyl (C=O) groups is 6. The summed E-state index contributed by atoms with van der Waals surface area (Å²) in [5.74, 6) is -2.82. The number of rotatable bonds is 18.